The second-order valence-corrected chi connectivity index (χ2v) is 6.58. The van der Waals surface area contributed by atoms with Crippen molar-refractivity contribution in [3.63, 3.8) is 0 Å². The van der Waals surface area contributed by atoms with Gasteiger partial charge in [0.05, 0.1) is 10.2 Å². The third kappa shape index (κ3) is 2.47. The number of fused-ring (bicyclic) bond motifs is 1. The maximum atomic E-state index is 5.98. The fourth-order valence-electron chi connectivity index (χ4n) is 2.73. The van der Waals surface area contributed by atoms with Gasteiger partial charge in [-0.3, -0.25) is 0 Å². The van der Waals surface area contributed by atoms with Crippen molar-refractivity contribution >= 4 is 38.3 Å². The molecule has 0 radical (unpaired) electrons. The van der Waals surface area contributed by atoms with Crippen LogP contribution in [0.5, 0.6) is 0 Å². The van der Waals surface area contributed by atoms with Gasteiger partial charge < -0.3 is 5.32 Å². The van der Waals surface area contributed by atoms with E-state index in [-0.39, 0.29) is 0 Å². The van der Waals surface area contributed by atoms with Crippen LogP contribution in [0.3, 0.4) is 0 Å². The Labute approximate surface area is 116 Å². The Morgan fingerprint density at radius 2 is 2.17 bits per heavy atom. The zero-order valence-electron chi connectivity index (χ0n) is 10.4. The van der Waals surface area contributed by atoms with Gasteiger partial charge in [-0.05, 0) is 43.9 Å². The number of nitrogens with one attached hydrogen (secondary N) is 1. The van der Waals surface area contributed by atoms with Crippen molar-refractivity contribution in [3.8, 4) is 0 Å². The van der Waals surface area contributed by atoms with E-state index in [1.54, 1.807) is 11.3 Å². The molecule has 0 spiro atoms. The normalized spacial score (nSPS) is 18.3. The third-order valence-electron chi connectivity index (χ3n) is 3.81. The molecule has 0 bridgehead atoms. The van der Waals surface area contributed by atoms with Crippen LogP contribution in [0.1, 0.15) is 32.6 Å². The molecule has 1 aliphatic rings. The van der Waals surface area contributed by atoms with Crippen LogP contribution >= 0.6 is 22.9 Å². The first kappa shape index (κ1) is 12.2. The molecule has 1 unspecified atom stereocenters. The minimum absolute atomic E-state index is 0.517. The van der Waals surface area contributed by atoms with Crippen LogP contribution in [-0.2, 0) is 0 Å². The summed E-state index contributed by atoms with van der Waals surface area (Å²) in [6, 6.07) is 6.41. The predicted octanol–water partition coefficient (Wildman–Crippen LogP) is 4.94. The minimum Gasteiger partial charge on any atom is -0.359 e. The summed E-state index contributed by atoms with van der Waals surface area (Å²) in [5, 5.41) is 5.33. The fourth-order valence-corrected chi connectivity index (χ4v) is 3.84. The molecule has 3 rings (SSSR count). The highest BCUT2D eigenvalue weighted by Crippen LogP contribution is 2.32. The van der Waals surface area contributed by atoms with Crippen molar-refractivity contribution in [2.24, 2.45) is 5.92 Å². The van der Waals surface area contributed by atoms with E-state index in [4.69, 9.17) is 11.6 Å². The number of hydrogen-bond acceptors (Lipinski definition) is 3. The molecule has 0 saturated heterocycles. The molecule has 1 N–H and O–H groups in total. The molecule has 1 heterocycles. The van der Waals surface area contributed by atoms with Crippen molar-refractivity contribution in [2.45, 2.75) is 38.6 Å². The topological polar surface area (TPSA) is 24.9 Å². The first-order valence-electron chi connectivity index (χ1n) is 6.55. The van der Waals surface area contributed by atoms with Gasteiger partial charge in [-0.15, -0.1) is 0 Å². The molecule has 4 heteroatoms. The van der Waals surface area contributed by atoms with Crippen LogP contribution in [0.25, 0.3) is 10.2 Å². The minimum atomic E-state index is 0.517. The van der Waals surface area contributed by atoms with Gasteiger partial charge in [0.1, 0.15) is 0 Å². The highest BCUT2D eigenvalue weighted by molar-refractivity contribution is 7.22. The molecule has 1 fully saturated rings. The molecular weight excluding hydrogens is 264 g/mol. The van der Waals surface area contributed by atoms with Crippen molar-refractivity contribution < 1.29 is 0 Å². The second-order valence-electron chi connectivity index (χ2n) is 5.11. The van der Waals surface area contributed by atoms with Crippen LogP contribution in [-0.4, -0.2) is 11.0 Å². The number of halogens is 1. The maximum absolute atomic E-state index is 5.98. The summed E-state index contributed by atoms with van der Waals surface area (Å²) in [7, 11) is 0. The molecular formula is C14H17ClN2S. The number of rotatable bonds is 3. The van der Waals surface area contributed by atoms with Gasteiger partial charge in [-0.25, -0.2) is 4.98 Å². The molecule has 1 aromatic carbocycles. The third-order valence-corrected chi connectivity index (χ3v) is 5.01. The van der Waals surface area contributed by atoms with Crippen molar-refractivity contribution in [2.75, 3.05) is 5.32 Å². The van der Waals surface area contributed by atoms with Crippen LogP contribution in [0.15, 0.2) is 18.2 Å². The fraction of sp³-hybridized carbons (Fsp3) is 0.500. The standard InChI is InChI=1S/C14H17ClN2S/c1-9(10-4-2-3-5-10)16-14-17-12-8-11(15)6-7-13(12)18-14/h6-10H,2-5H2,1H3,(H,16,17). The van der Waals surface area contributed by atoms with Gasteiger partial charge >= 0.3 is 0 Å². The summed E-state index contributed by atoms with van der Waals surface area (Å²) in [5.41, 5.74) is 0.994. The van der Waals surface area contributed by atoms with E-state index in [9.17, 15) is 0 Å². The van der Waals surface area contributed by atoms with Gasteiger partial charge in [0.2, 0.25) is 0 Å². The predicted molar refractivity (Wildman–Crippen MR) is 79.7 cm³/mol. The van der Waals surface area contributed by atoms with Crippen LogP contribution in [0.4, 0.5) is 5.13 Å². The van der Waals surface area contributed by atoms with E-state index in [1.165, 1.54) is 30.4 Å². The average molecular weight is 281 g/mol. The number of hydrogen-bond donors (Lipinski definition) is 1. The molecule has 1 atom stereocenters. The summed E-state index contributed by atoms with van der Waals surface area (Å²) in [5.74, 6) is 0.806. The van der Waals surface area contributed by atoms with E-state index < -0.39 is 0 Å². The van der Waals surface area contributed by atoms with E-state index >= 15 is 0 Å². The highest BCUT2D eigenvalue weighted by Gasteiger charge is 2.22. The van der Waals surface area contributed by atoms with Gasteiger partial charge in [0.25, 0.3) is 0 Å². The van der Waals surface area contributed by atoms with Crippen LogP contribution in [0, 0.1) is 5.92 Å². The smallest absolute Gasteiger partial charge is 0.184 e. The van der Waals surface area contributed by atoms with Gasteiger partial charge in [0.15, 0.2) is 5.13 Å². The number of aromatic nitrogens is 1. The largest absolute Gasteiger partial charge is 0.359 e. The Morgan fingerprint density at radius 3 is 2.94 bits per heavy atom. The number of benzene rings is 1. The molecule has 96 valence electrons. The van der Waals surface area contributed by atoms with Gasteiger partial charge in [0, 0.05) is 11.1 Å². The Hall–Kier alpha value is -0.800. The summed E-state index contributed by atoms with van der Waals surface area (Å²) < 4.78 is 1.19. The molecule has 1 saturated carbocycles. The van der Waals surface area contributed by atoms with E-state index in [1.807, 2.05) is 18.2 Å². The molecule has 1 aliphatic carbocycles. The Morgan fingerprint density at radius 1 is 1.39 bits per heavy atom. The second kappa shape index (κ2) is 5.06. The summed E-state index contributed by atoms with van der Waals surface area (Å²) in [6.45, 7) is 2.27. The molecule has 1 aromatic heterocycles. The quantitative estimate of drug-likeness (QED) is 0.861. The van der Waals surface area contributed by atoms with Crippen LogP contribution in [0.2, 0.25) is 5.02 Å². The lowest BCUT2D eigenvalue weighted by atomic mass is 10.0. The lowest BCUT2D eigenvalue weighted by molar-refractivity contribution is 0.482. The monoisotopic (exact) mass is 280 g/mol. The Bertz CT molecular complexity index is 546. The summed E-state index contributed by atoms with van der Waals surface area (Å²) in [6.07, 6.45) is 5.47. The van der Waals surface area contributed by atoms with Crippen LogP contribution < -0.4 is 5.32 Å². The van der Waals surface area contributed by atoms with E-state index in [2.05, 4.69) is 17.2 Å². The maximum Gasteiger partial charge on any atom is 0.184 e. The lowest BCUT2D eigenvalue weighted by Crippen LogP contribution is -2.23. The SMILES string of the molecule is CC(Nc1nc2cc(Cl)ccc2s1)C1CCCC1. The Kier molecular flexibility index (Phi) is 3.44. The Balaban J connectivity index is 1.77. The molecule has 18 heavy (non-hydrogen) atoms. The molecule has 2 nitrogen and oxygen atoms in total. The lowest BCUT2D eigenvalue weighted by Gasteiger charge is -2.19. The summed E-state index contributed by atoms with van der Waals surface area (Å²) >= 11 is 7.69. The number of anilines is 1. The zero-order valence-corrected chi connectivity index (χ0v) is 12.0. The first-order valence-corrected chi connectivity index (χ1v) is 7.74. The van der Waals surface area contributed by atoms with Crippen molar-refractivity contribution in [1.82, 2.24) is 4.98 Å². The van der Waals surface area contributed by atoms with Crippen molar-refractivity contribution in [3.05, 3.63) is 23.2 Å². The number of thiazole rings is 1. The van der Waals surface area contributed by atoms with E-state index in [0.717, 1.165) is 21.6 Å². The molecule has 2 aromatic rings. The van der Waals surface area contributed by atoms with Gasteiger partial charge in [-0.1, -0.05) is 35.8 Å². The molecule has 0 aliphatic heterocycles. The number of nitrogens with zero attached hydrogens (tertiary/aromatic N) is 1. The summed E-state index contributed by atoms with van der Waals surface area (Å²) in [4.78, 5) is 4.61. The van der Waals surface area contributed by atoms with Crippen molar-refractivity contribution in [1.29, 1.82) is 0 Å². The van der Waals surface area contributed by atoms with Gasteiger partial charge in [-0.2, -0.15) is 0 Å². The average Bonchev–Trinajstić information content (AvgIpc) is 2.95. The zero-order chi connectivity index (χ0) is 12.5. The molecule has 0 amide bonds. The van der Waals surface area contributed by atoms with E-state index in [0.29, 0.717) is 6.04 Å². The highest BCUT2D eigenvalue weighted by atomic mass is 35.5. The first-order chi connectivity index (χ1) is 8.72.